The third kappa shape index (κ3) is 6.94. The first-order valence-electron chi connectivity index (χ1n) is 13.6. The maximum atomic E-state index is 14.8. The van der Waals surface area contributed by atoms with Gasteiger partial charge in [0, 0.05) is 23.7 Å². The van der Waals surface area contributed by atoms with E-state index in [0.29, 0.717) is 42.4 Å². The summed E-state index contributed by atoms with van der Waals surface area (Å²) in [7, 11) is -3.84. The van der Waals surface area contributed by atoms with Crippen molar-refractivity contribution in [3.63, 3.8) is 0 Å². The zero-order valence-corrected chi connectivity index (χ0v) is 23.2. The number of hydrogen-bond acceptors (Lipinski definition) is 6. The summed E-state index contributed by atoms with van der Waals surface area (Å²) >= 11 is 0. The van der Waals surface area contributed by atoms with E-state index in [2.05, 4.69) is 9.88 Å². The number of benzene rings is 1. The molecule has 1 saturated heterocycles. The van der Waals surface area contributed by atoms with Crippen LogP contribution in [0.5, 0.6) is 5.75 Å². The summed E-state index contributed by atoms with van der Waals surface area (Å²) in [5, 5.41) is 0. The number of ether oxygens (including phenoxy) is 1. The van der Waals surface area contributed by atoms with Crippen LogP contribution in [0.25, 0.3) is 0 Å². The zero-order valence-electron chi connectivity index (χ0n) is 22.4. The minimum absolute atomic E-state index is 0.115. The predicted molar refractivity (Wildman–Crippen MR) is 140 cm³/mol. The van der Waals surface area contributed by atoms with Gasteiger partial charge in [-0.1, -0.05) is 0 Å². The fraction of sp³-hybridized carbons (Fsp3) is 0.571. The zero-order chi connectivity index (χ0) is 28.8. The van der Waals surface area contributed by atoms with Gasteiger partial charge in [-0.05, 0) is 94.1 Å². The van der Waals surface area contributed by atoms with Crippen LogP contribution >= 0.6 is 0 Å². The molecule has 2 heterocycles. The quantitative estimate of drug-likeness (QED) is 0.391. The van der Waals surface area contributed by atoms with Gasteiger partial charge in [-0.2, -0.15) is 13.2 Å². The molecule has 1 aromatic carbocycles. The summed E-state index contributed by atoms with van der Waals surface area (Å²) in [5.74, 6) is -1.11. The summed E-state index contributed by atoms with van der Waals surface area (Å²) in [6.45, 7) is 3.56. The highest BCUT2D eigenvalue weighted by atomic mass is 32.2. The van der Waals surface area contributed by atoms with Gasteiger partial charge < -0.3 is 4.74 Å². The molecule has 7 nitrogen and oxygen atoms in total. The van der Waals surface area contributed by atoms with Gasteiger partial charge in [0.2, 0.25) is 10.0 Å². The number of nitrogens with one attached hydrogen (secondary N) is 1. The van der Waals surface area contributed by atoms with Crippen LogP contribution in [0.1, 0.15) is 96.2 Å². The molecule has 0 bridgehead atoms. The van der Waals surface area contributed by atoms with Crippen LogP contribution in [0.2, 0.25) is 0 Å². The van der Waals surface area contributed by atoms with Crippen LogP contribution in [-0.4, -0.2) is 50.2 Å². The lowest BCUT2D eigenvalue weighted by atomic mass is 9.95. The van der Waals surface area contributed by atoms with Gasteiger partial charge in [-0.25, -0.2) is 17.5 Å². The second kappa shape index (κ2) is 10.9. The van der Waals surface area contributed by atoms with Crippen LogP contribution in [0.15, 0.2) is 24.3 Å². The Labute approximate surface area is 231 Å². The number of carbonyl (C=O) groups excluding carboxylic acids is 1. The molecule has 218 valence electrons. The lowest BCUT2D eigenvalue weighted by Crippen LogP contribution is -2.37. The van der Waals surface area contributed by atoms with Crippen LogP contribution in [0.4, 0.5) is 17.6 Å². The minimum atomic E-state index is -4.42. The van der Waals surface area contributed by atoms with Crippen molar-refractivity contribution in [1.82, 2.24) is 14.6 Å². The second-order valence-corrected chi connectivity index (χ2v) is 13.0. The SMILES string of the molecule is CC(c1cc(C(F)(F)F)cc(C2CC2)n1)N1CCC(COc2cc(F)c(C(=O)NS(C)(=O)=O)cc2C2CC2)CC1. The number of rotatable bonds is 9. The van der Waals surface area contributed by atoms with E-state index in [1.54, 1.807) is 4.72 Å². The predicted octanol–water partition coefficient (Wildman–Crippen LogP) is 5.54. The monoisotopic (exact) mass is 583 g/mol. The number of sulfonamides is 1. The number of likely N-dealkylation sites (tertiary alicyclic amines) is 1. The topological polar surface area (TPSA) is 88.6 Å². The molecular formula is C28H33F4N3O4S. The molecule has 2 saturated carbocycles. The molecule has 1 N–H and O–H groups in total. The Hall–Kier alpha value is -2.73. The van der Waals surface area contributed by atoms with Gasteiger partial charge in [0.15, 0.2) is 0 Å². The number of hydrogen-bond donors (Lipinski definition) is 1. The van der Waals surface area contributed by atoms with E-state index >= 15 is 0 Å². The maximum Gasteiger partial charge on any atom is 0.416 e. The van der Waals surface area contributed by atoms with Gasteiger partial charge >= 0.3 is 6.18 Å². The lowest BCUT2D eigenvalue weighted by molar-refractivity contribution is -0.137. The molecule has 1 amide bonds. The van der Waals surface area contributed by atoms with Crippen molar-refractivity contribution >= 4 is 15.9 Å². The number of nitrogens with zero attached hydrogens (tertiary/aromatic N) is 2. The Morgan fingerprint density at radius 2 is 1.73 bits per heavy atom. The molecule has 1 atom stereocenters. The summed E-state index contributed by atoms with van der Waals surface area (Å²) in [6, 6.07) is 4.62. The highest BCUT2D eigenvalue weighted by Gasteiger charge is 2.36. The van der Waals surface area contributed by atoms with Crippen molar-refractivity contribution in [3.05, 3.63) is 58.2 Å². The number of halogens is 4. The number of alkyl halides is 3. The first kappa shape index (κ1) is 28.8. The summed E-state index contributed by atoms with van der Waals surface area (Å²) in [4.78, 5) is 19.0. The molecule has 1 aromatic heterocycles. The normalized spacial score (nSPS) is 19.9. The molecule has 3 aliphatic rings. The molecule has 40 heavy (non-hydrogen) atoms. The molecule has 1 unspecified atom stereocenters. The number of piperidine rings is 1. The molecule has 1 aliphatic heterocycles. The maximum absolute atomic E-state index is 14.8. The van der Waals surface area contributed by atoms with E-state index in [9.17, 15) is 30.8 Å². The molecule has 2 aliphatic carbocycles. The van der Waals surface area contributed by atoms with E-state index in [4.69, 9.17) is 4.74 Å². The fourth-order valence-electron chi connectivity index (χ4n) is 5.25. The van der Waals surface area contributed by atoms with Crippen molar-refractivity contribution < 1.29 is 35.5 Å². The molecule has 3 fully saturated rings. The fourth-order valence-corrected chi connectivity index (χ4v) is 5.70. The molecular weight excluding hydrogens is 550 g/mol. The van der Waals surface area contributed by atoms with Gasteiger partial charge in [-0.3, -0.25) is 14.7 Å². The Morgan fingerprint density at radius 1 is 1.07 bits per heavy atom. The minimum Gasteiger partial charge on any atom is -0.493 e. The molecule has 5 rings (SSSR count). The van der Waals surface area contributed by atoms with Crippen LogP contribution in [0, 0.1) is 11.7 Å². The van der Waals surface area contributed by atoms with Crippen LogP contribution in [0.3, 0.4) is 0 Å². The van der Waals surface area contributed by atoms with Crippen molar-refractivity contribution in [2.45, 2.75) is 69.5 Å². The van der Waals surface area contributed by atoms with Gasteiger partial charge in [0.25, 0.3) is 5.91 Å². The Morgan fingerprint density at radius 3 is 2.30 bits per heavy atom. The molecule has 2 aromatic rings. The molecule has 12 heteroatoms. The Kier molecular flexibility index (Phi) is 7.86. The third-order valence-corrected chi connectivity index (χ3v) is 8.48. The average Bonchev–Trinajstić information content (AvgIpc) is 3.79. The number of carbonyl (C=O) groups is 1. The third-order valence-electron chi connectivity index (χ3n) is 7.93. The van der Waals surface area contributed by atoms with E-state index in [0.717, 1.165) is 50.8 Å². The smallest absolute Gasteiger partial charge is 0.416 e. The van der Waals surface area contributed by atoms with Crippen LogP contribution in [-0.2, 0) is 16.2 Å². The molecule has 0 spiro atoms. The van der Waals surface area contributed by atoms with Crippen molar-refractivity contribution in [1.29, 1.82) is 0 Å². The van der Waals surface area contributed by atoms with Crippen molar-refractivity contribution in [2.24, 2.45) is 5.92 Å². The lowest BCUT2D eigenvalue weighted by Gasteiger charge is -2.36. The van der Waals surface area contributed by atoms with Gasteiger partial charge in [0.1, 0.15) is 11.6 Å². The van der Waals surface area contributed by atoms with E-state index in [1.165, 1.54) is 18.2 Å². The van der Waals surface area contributed by atoms with Crippen LogP contribution < -0.4 is 9.46 Å². The number of pyridine rings is 1. The summed E-state index contributed by atoms with van der Waals surface area (Å²) < 4.78 is 86.0. The highest BCUT2D eigenvalue weighted by molar-refractivity contribution is 7.89. The summed E-state index contributed by atoms with van der Waals surface area (Å²) in [5.41, 5.74) is 0.672. The molecule has 0 radical (unpaired) electrons. The Balaban J connectivity index is 1.21. The first-order valence-corrected chi connectivity index (χ1v) is 15.5. The van der Waals surface area contributed by atoms with Crippen molar-refractivity contribution in [3.8, 4) is 5.75 Å². The van der Waals surface area contributed by atoms with E-state index in [-0.39, 0.29) is 29.4 Å². The standard InChI is InChI=1S/C28H33F4N3O4S/c1-16(24-11-20(28(30,31)32)12-25(33-24)19-5-6-19)35-9-7-17(8-10-35)15-39-26-14-23(29)22(13-21(26)18-3-4-18)27(36)34-40(2,37)38/h11-14,16-19H,3-10,15H2,1-2H3,(H,34,36). The van der Waals surface area contributed by atoms with E-state index < -0.39 is 33.5 Å². The van der Waals surface area contributed by atoms with Gasteiger partial charge in [0.05, 0.1) is 29.7 Å². The van der Waals surface area contributed by atoms with Gasteiger partial charge in [-0.15, -0.1) is 0 Å². The first-order chi connectivity index (χ1) is 18.8. The van der Waals surface area contributed by atoms with Crippen molar-refractivity contribution in [2.75, 3.05) is 26.0 Å². The highest BCUT2D eigenvalue weighted by Crippen LogP contribution is 2.45. The van der Waals surface area contributed by atoms with E-state index in [1.807, 2.05) is 6.92 Å². The number of amides is 1. The summed E-state index contributed by atoms with van der Waals surface area (Å²) in [6.07, 6.45) is 1.42. The average molecular weight is 584 g/mol. The largest absolute Gasteiger partial charge is 0.493 e. The Bertz CT molecular complexity index is 1380. The second-order valence-electron chi connectivity index (χ2n) is 11.3. The number of aromatic nitrogens is 1.